The number of nitrogens with two attached hydrogens (primary N) is 1. The maximum Gasteiger partial charge on any atom is 0.215 e. The van der Waals surface area contributed by atoms with Crippen LogP contribution in [0.2, 0.25) is 0 Å². The molecule has 0 fully saturated rings. The highest BCUT2D eigenvalue weighted by molar-refractivity contribution is 6.09. The molecule has 2 N–H and O–H groups in total. The number of hydrogen-bond acceptors (Lipinski definition) is 4. The molecule has 4 heteroatoms. The Hall–Kier alpha value is -2.36. The van der Waals surface area contributed by atoms with Gasteiger partial charge in [-0.25, -0.2) is 4.98 Å². The van der Waals surface area contributed by atoms with Gasteiger partial charge in [0.05, 0.1) is 7.11 Å². The van der Waals surface area contributed by atoms with E-state index in [9.17, 15) is 4.79 Å². The number of ketones is 1. The second-order valence-corrected chi connectivity index (χ2v) is 3.51. The molecule has 0 unspecified atom stereocenters. The van der Waals surface area contributed by atoms with E-state index < -0.39 is 0 Å². The highest BCUT2D eigenvalue weighted by atomic mass is 16.5. The lowest BCUT2D eigenvalue weighted by atomic mass is 10.1. The Balaban J connectivity index is 2.40. The Morgan fingerprint density at radius 2 is 1.94 bits per heavy atom. The van der Waals surface area contributed by atoms with Crippen molar-refractivity contribution >= 4 is 11.5 Å². The van der Waals surface area contributed by atoms with E-state index in [2.05, 4.69) is 4.98 Å². The fourth-order valence-electron chi connectivity index (χ4n) is 1.50. The SMILES string of the molecule is COc1cccnc1C(=O)c1ccc(N)cc1. The van der Waals surface area contributed by atoms with Crippen LogP contribution in [0.4, 0.5) is 5.69 Å². The van der Waals surface area contributed by atoms with Crippen molar-refractivity contribution in [2.45, 2.75) is 0 Å². The zero-order valence-electron chi connectivity index (χ0n) is 9.38. The van der Waals surface area contributed by atoms with Crippen LogP contribution < -0.4 is 10.5 Å². The van der Waals surface area contributed by atoms with Crippen molar-refractivity contribution in [3.05, 3.63) is 53.9 Å². The van der Waals surface area contributed by atoms with Gasteiger partial charge < -0.3 is 10.5 Å². The van der Waals surface area contributed by atoms with E-state index in [0.29, 0.717) is 22.7 Å². The molecule has 1 aromatic heterocycles. The van der Waals surface area contributed by atoms with Crippen LogP contribution >= 0.6 is 0 Å². The zero-order chi connectivity index (χ0) is 12.3. The lowest BCUT2D eigenvalue weighted by molar-refractivity contribution is 0.103. The minimum absolute atomic E-state index is 0.178. The van der Waals surface area contributed by atoms with E-state index in [0.717, 1.165) is 0 Å². The first-order valence-electron chi connectivity index (χ1n) is 5.11. The smallest absolute Gasteiger partial charge is 0.215 e. The summed E-state index contributed by atoms with van der Waals surface area (Å²) in [7, 11) is 1.51. The number of aromatic nitrogens is 1. The number of pyridine rings is 1. The maximum absolute atomic E-state index is 12.2. The largest absolute Gasteiger partial charge is 0.494 e. The number of rotatable bonds is 3. The summed E-state index contributed by atoms with van der Waals surface area (Å²) in [6.45, 7) is 0. The molecule has 1 heterocycles. The van der Waals surface area contributed by atoms with E-state index in [1.165, 1.54) is 7.11 Å². The van der Waals surface area contributed by atoms with Gasteiger partial charge in [-0.15, -0.1) is 0 Å². The molecular formula is C13H12N2O2. The third kappa shape index (κ3) is 2.25. The van der Waals surface area contributed by atoms with Crippen molar-refractivity contribution in [1.29, 1.82) is 0 Å². The number of methoxy groups -OCH3 is 1. The predicted octanol–water partition coefficient (Wildman–Crippen LogP) is 1.90. The molecule has 2 rings (SSSR count). The molecule has 0 amide bonds. The lowest BCUT2D eigenvalue weighted by Crippen LogP contribution is -2.06. The quantitative estimate of drug-likeness (QED) is 0.643. The van der Waals surface area contributed by atoms with Crippen LogP contribution in [0.1, 0.15) is 16.1 Å². The summed E-state index contributed by atoms with van der Waals surface area (Å²) < 4.78 is 5.10. The number of nitrogen functional groups attached to an aromatic ring is 1. The van der Waals surface area contributed by atoms with Crippen LogP contribution in [0.5, 0.6) is 5.75 Å². The number of nitrogens with zero attached hydrogens (tertiary/aromatic N) is 1. The van der Waals surface area contributed by atoms with Gasteiger partial charge in [-0.2, -0.15) is 0 Å². The van der Waals surface area contributed by atoms with Crippen molar-refractivity contribution in [1.82, 2.24) is 4.98 Å². The third-order valence-electron chi connectivity index (χ3n) is 2.38. The van der Waals surface area contributed by atoms with Crippen LogP contribution in [0.3, 0.4) is 0 Å². The van der Waals surface area contributed by atoms with Crippen LogP contribution in [-0.2, 0) is 0 Å². The average Bonchev–Trinajstić information content (AvgIpc) is 2.39. The molecule has 0 radical (unpaired) electrons. The van der Waals surface area contributed by atoms with Crippen molar-refractivity contribution in [3.8, 4) is 5.75 Å². The first-order valence-corrected chi connectivity index (χ1v) is 5.11. The van der Waals surface area contributed by atoms with Gasteiger partial charge in [0.25, 0.3) is 0 Å². The Kier molecular flexibility index (Phi) is 3.05. The molecule has 0 saturated carbocycles. The number of benzene rings is 1. The molecule has 86 valence electrons. The fraction of sp³-hybridized carbons (Fsp3) is 0.0769. The third-order valence-corrected chi connectivity index (χ3v) is 2.38. The molecule has 0 aliphatic heterocycles. The molecule has 0 bridgehead atoms. The minimum atomic E-state index is -0.178. The van der Waals surface area contributed by atoms with Gasteiger partial charge in [0.2, 0.25) is 5.78 Å². The molecular weight excluding hydrogens is 216 g/mol. The van der Waals surface area contributed by atoms with Crippen molar-refractivity contribution in [3.63, 3.8) is 0 Å². The molecule has 0 aliphatic carbocycles. The van der Waals surface area contributed by atoms with E-state index in [1.807, 2.05) is 0 Å². The highest BCUT2D eigenvalue weighted by Crippen LogP contribution is 2.19. The molecule has 0 spiro atoms. The first-order chi connectivity index (χ1) is 8.22. The van der Waals surface area contributed by atoms with Crippen LogP contribution in [0, 0.1) is 0 Å². The maximum atomic E-state index is 12.2. The predicted molar refractivity (Wildman–Crippen MR) is 65.1 cm³/mol. The Morgan fingerprint density at radius 1 is 1.24 bits per heavy atom. The van der Waals surface area contributed by atoms with Crippen molar-refractivity contribution in [2.75, 3.05) is 12.8 Å². The number of carbonyl (C=O) groups excluding carboxylic acids is 1. The van der Waals surface area contributed by atoms with Gasteiger partial charge in [-0.3, -0.25) is 4.79 Å². The van der Waals surface area contributed by atoms with E-state index in [-0.39, 0.29) is 5.78 Å². The first kappa shape index (κ1) is 11.1. The molecule has 0 atom stereocenters. The summed E-state index contributed by atoms with van der Waals surface area (Å²) in [4.78, 5) is 16.2. The van der Waals surface area contributed by atoms with Gasteiger partial charge in [0, 0.05) is 17.4 Å². The standard InChI is InChI=1S/C13H12N2O2/c1-17-11-3-2-8-15-12(11)13(16)9-4-6-10(14)7-5-9/h2-8H,14H2,1H3. The number of hydrogen-bond donors (Lipinski definition) is 1. The number of anilines is 1. The Morgan fingerprint density at radius 3 is 2.59 bits per heavy atom. The van der Waals surface area contributed by atoms with Crippen molar-refractivity contribution < 1.29 is 9.53 Å². The van der Waals surface area contributed by atoms with Crippen LogP contribution in [-0.4, -0.2) is 17.9 Å². The average molecular weight is 228 g/mol. The summed E-state index contributed by atoms with van der Waals surface area (Å²) in [5.74, 6) is 0.289. The monoisotopic (exact) mass is 228 g/mol. The summed E-state index contributed by atoms with van der Waals surface area (Å²) in [6, 6.07) is 10.1. The van der Waals surface area contributed by atoms with Gasteiger partial charge in [-0.05, 0) is 36.4 Å². The van der Waals surface area contributed by atoms with Crippen molar-refractivity contribution in [2.24, 2.45) is 0 Å². The summed E-state index contributed by atoms with van der Waals surface area (Å²) in [6.07, 6.45) is 1.56. The Bertz CT molecular complexity index is 535. The molecule has 1 aromatic carbocycles. The lowest BCUT2D eigenvalue weighted by Gasteiger charge is -2.06. The summed E-state index contributed by atoms with van der Waals surface area (Å²) in [5, 5.41) is 0. The van der Waals surface area contributed by atoms with Crippen LogP contribution in [0.15, 0.2) is 42.6 Å². The molecule has 0 saturated heterocycles. The second-order valence-electron chi connectivity index (χ2n) is 3.51. The van der Waals surface area contributed by atoms with Gasteiger partial charge in [0.1, 0.15) is 5.75 Å². The van der Waals surface area contributed by atoms with E-state index in [4.69, 9.17) is 10.5 Å². The summed E-state index contributed by atoms with van der Waals surface area (Å²) in [5.41, 5.74) is 7.03. The van der Waals surface area contributed by atoms with E-state index in [1.54, 1.807) is 42.6 Å². The summed E-state index contributed by atoms with van der Waals surface area (Å²) >= 11 is 0. The zero-order valence-corrected chi connectivity index (χ0v) is 9.38. The topological polar surface area (TPSA) is 65.2 Å². The molecule has 2 aromatic rings. The number of carbonyl (C=O) groups is 1. The highest BCUT2D eigenvalue weighted by Gasteiger charge is 2.15. The molecule has 17 heavy (non-hydrogen) atoms. The fourth-order valence-corrected chi connectivity index (χ4v) is 1.50. The molecule has 4 nitrogen and oxygen atoms in total. The second kappa shape index (κ2) is 4.65. The van der Waals surface area contributed by atoms with Crippen LogP contribution in [0.25, 0.3) is 0 Å². The molecule has 0 aliphatic rings. The van der Waals surface area contributed by atoms with Gasteiger partial charge >= 0.3 is 0 Å². The number of ether oxygens (including phenoxy) is 1. The Labute approximate surface area is 99.1 Å². The van der Waals surface area contributed by atoms with E-state index >= 15 is 0 Å². The normalized spacial score (nSPS) is 9.94. The minimum Gasteiger partial charge on any atom is -0.494 e. The van der Waals surface area contributed by atoms with Gasteiger partial charge in [0.15, 0.2) is 5.69 Å². The van der Waals surface area contributed by atoms with Gasteiger partial charge in [-0.1, -0.05) is 0 Å².